The molecule has 8 nitrogen and oxygen atoms in total. The van der Waals surface area contributed by atoms with Crippen molar-refractivity contribution >= 4 is 162 Å². The molecule has 0 spiro atoms. The Labute approximate surface area is 402 Å². The van der Waals surface area contributed by atoms with Gasteiger partial charge in [-0.3, -0.25) is 42.5 Å². The summed E-state index contributed by atoms with van der Waals surface area (Å²) in [6.45, 7) is 0. The van der Waals surface area contributed by atoms with Gasteiger partial charge in [0.2, 0.25) is 0 Å². The quantitative estimate of drug-likeness (QED) is 0.117. The molecule has 23 heteroatoms. The fourth-order valence-electron chi connectivity index (χ4n) is 11.8. The van der Waals surface area contributed by atoms with Crippen LogP contribution in [0.4, 0.5) is 0 Å². The Morgan fingerprint density at radius 3 is 0.709 bits per heavy atom. The summed E-state index contributed by atoms with van der Waals surface area (Å²) in [4.78, 5) is 0. The van der Waals surface area contributed by atoms with E-state index in [1.807, 2.05) is 0 Å². The number of alkyl halides is 14. The van der Waals surface area contributed by atoms with Crippen LogP contribution in [0.15, 0.2) is 0 Å². The van der Waals surface area contributed by atoms with Crippen molar-refractivity contribution in [1.82, 2.24) is 42.5 Å². The molecule has 0 amide bonds. The molecule has 5 aliphatic heterocycles. The molecule has 9 rings (SSSR count). The molecule has 5 heterocycles. The van der Waals surface area contributed by atoms with E-state index in [1.165, 1.54) is 0 Å². The molecule has 8 bridgehead atoms. The van der Waals surface area contributed by atoms with Gasteiger partial charge in [0.05, 0.1) is 125 Å². The molecule has 8 N–H and O–H groups in total. The van der Waals surface area contributed by atoms with Crippen molar-refractivity contribution < 1.29 is 17.1 Å². The van der Waals surface area contributed by atoms with Crippen molar-refractivity contribution in [3.63, 3.8) is 0 Å². The summed E-state index contributed by atoms with van der Waals surface area (Å²) in [5.41, 5.74) is 0. The molecule has 319 valence electrons. The minimum Gasteiger partial charge on any atom is -0.286 e. The second-order valence-corrected chi connectivity index (χ2v) is 23.8. The average molecular weight is 1100 g/mol. The van der Waals surface area contributed by atoms with Crippen LogP contribution in [-0.4, -0.2) is 125 Å². The number of halogens is 14. The normalized spacial score (nSPS) is 64.0. The number of fused-ring (bicyclic) bond motifs is 20. The van der Waals surface area contributed by atoms with Crippen LogP contribution in [0.3, 0.4) is 0 Å². The zero-order chi connectivity index (χ0) is 38.4. The molecule has 9 fully saturated rings. The molecular weight excluding hydrogens is 1060 g/mol. The summed E-state index contributed by atoms with van der Waals surface area (Å²) in [5.74, 6) is -1.33. The van der Waals surface area contributed by atoms with Crippen LogP contribution in [0, 0.1) is 47.3 Å². The Bertz CT molecular complexity index is 1400. The minimum atomic E-state index is -0.594. The predicted molar refractivity (Wildman–Crippen MR) is 228 cm³/mol. The van der Waals surface area contributed by atoms with Gasteiger partial charge in [-0.15, -0.1) is 162 Å². The van der Waals surface area contributed by atoms with Gasteiger partial charge in [0.1, 0.15) is 0 Å². The van der Waals surface area contributed by atoms with Gasteiger partial charge in [0.25, 0.3) is 0 Å². The molecule has 0 aromatic heterocycles. The monoisotopic (exact) mass is 1090 g/mol. The van der Waals surface area contributed by atoms with Gasteiger partial charge in [0.15, 0.2) is 0 Å². The number of rotatable bonds is 0. The van der Waals surface area contributed by atoms with Gasteiger partial charge in [-0.1, -0.05) is 0 Å². The van der Waals surface area contributed by atoms with E-state index in [2.05, 4.69) is 42.5 Å². The number of nitrogens with one attached hydrogen (secondary N) is 8. The first kappa shape index (κ1) is 45.8. The Morgan fingerprint density at radius 2 is 0.455 bits per heavy atom. The van der Waals surface area contributed by atoms with Crippen molar-refractivity contribution in [3.8, 4) is 0 Å². The Hall–Kier alpha value is 4.26. The van der Waals surface area contributed by atoms with Crippen molar-refractivity contribution in [2.45, 2.75) is 137 Å². The topological polar surface area (TPSA) is 96.2 Å². The van der Waals surface area contributed by atoms with Crippen molar-refractivity contribution in [1.29, 1.82) is 0 Å². The average Bonchev–Trinajstić information content (AvgIpc) is 3.89. The molecule has 30 unspecified atom stereocenters. The minimum absolute atomic E-state index is 0. The Balaban J connectivity index is 0.00000427. The van der Waals surface area contributed by atoms with Crippen LogP contribution in [0.1, 0.15) is 12.8 Å². The summed E-state index contributed by atoms with van der Waals surface area (Å²) >= 11 is 99.1. The van der Waals surface area contributed by atoms with Gasteiger partial charge in [-0.05, 0) is 18.8 Å². The summed E-state index contributed by atoms with van der Waals surface area (Å²) < 4.78 is 0. The first-order valence-corrected chi connectivity index (χ1v) is 24.8. The molecular formula is C32H42Cl14CuN8. The Kier molecular flexibility index (Phi) is 14.6. The van der Waals surface area contributed by atoms with E-state index in [0.29, 0.717) is 0 Å². The molecule has 4 saturated carbocycles. The van der Waals surface area contributed by atoms with Gasteiger partial charge >= 0.3 is 0 Å². The molecule has 55 heavy (non-hydrogen) atoms. The van der Waals surface area contributed by atoms with Crippen LogP contribution in [0.2, 0.25) is 0 Å². The zero-order valence-corrected chi connectivity index (χ0v) is 39.9. The van der Waals surface area contributed by atoms with E-state index in [9.17, 15) is 0 Å². The summed E-state index contributed by atoms with van der Waals surface area (Å²) in [6, 6.07) is 0. The van der Waals surface area contributed by atoms with Crippen LogP contribution < -0.4 is 42.5 Å². The first-order chi connectivity index (χ1) is 25.6. The van der Waals surface area contributed by atoms with Gasteiger partial charge in [-0.2, -0.15) is 0 Å². The van der Waals surface area contributed by atoms with E-state index in [1.54, 1.807) is 0 Å². The van der Waals surface area contributed by atoms with Crippen LogP contribution in [-0.2, 0) is 17.1 Å². The predicted octanol–water partition coefficient (Wildman–Crippen LogP) is 5.65. The standard InChI is InChI=1S/C32H42Cl14N8.Cu/c33-4-2-1-3-5(12(4)34)26-47-25(3)48-27-6-7(14(36)20(42)19(41)13(6)35)29(50-27)52-31-10-11(18(40)24(46)23(45)17(10)39)32(54-31)53-30-9-8(28(49-26)51-30)15(37)21(43)22(44)16(9)38;/h3-32,47-54H,1-2H2;. The Morgan fingerprint density at radius 1 is 0.236 bits per heavy atom. The summed E-state index contributed by atoms with van der Waals surface area (Å²) in [6.07, 6.45) is -0.997. The van der Waals surface area contributed by atoms with Crippen LogP contribution in [0.5, 0.6) is 0 Å². The van der Waals surface area contributed by atoms with E-state index in [-0.39, 0.29) is 118 Å². The third-order valence-corrected chi connectivity index (χ3v) is 23.3. The zero-order valence-electron chi connectivity index (χ0n) is 28.3. The van der Waals surface area contributed by atoms with Crippen LogP contribution >= 0.6 is 162 Å². The molecule has 5 saturated heterocycles. The third-order valence-electron chi connectivity index (χ3n) is 14.3. The molecule has 0 aromatic rings. The SMILES string of the molecule is ClC1CCC2C3NC(NC4NC(NC5NC(NC6NC(N3)C3C(Cl)C(Cl)C(Cl)C(Cl)C63)C3C(Cl)C(Cl)C(Cl)C(Cl)C53)C3C(Cl)C(Cl)C(Cl)C(Cl)C43)C2C1Cl.[Cu]. The summed E-state index contributed by atoms with van der Waals surface area (Å²) in [5, 5.41) is 23.8. The van der Waals surface area contributed by atoms with E-state index >= 15 is 0 Å². The smallest absolute Gasteiger partial charge is 0.0681 e. The molecule has 30 atom stereocenters. The second-order valence-electron chi connectivity index (χ2n) is 16.7. The molecule has 0 aromatic carbocycles. The number of hydrogen-bond donors (Lipinski definition) is 8. The molecule has 1 radical (unpaired) electrons. The van der Waals surface area contributed by atoms with Crippen LogP contribution in [0.25, 0.3) is 0 Å². The maximum absolute atomic E-state index is 7.25. The molecule has 9 aliphatic rings. The fourth-order valence-corrected chi connectivity index (χ4v) is 17.7. The van der Waals surface area contributed by atoms with Crippen molar-refractivity contribution in [2.75, 3.05) is 0 Å². The number of hydrogen-bond acceptors (Lipinski definition) is 8. The first-order valence-electron chi connectivity index (χ1n) is 18.7. The fraction of sp³-hybridized carbons (Fsp3) is 1.00. The maximum Gasteiger partial charge on any atom is 0.0681 e. The second kappa shape index (κ2) is 17.6. The van der Waals surface area contributed by atoms with Crippen molar-refractivity contribution in [3.05, 3.63) is 0 Å². The van der Waals surface area contributed by atoms with Crippen molar-refractivity contribution in [2.24, 2.45) is 47.3 Å². The maximum atomic E-state index is 7.25. The molecule has 4 aliphatic carbocycles. The summed E-state index contributed by atoms with van der Waals surface area (Å²) in [7, 11) is 0. The van der Waals surface area contributed by atoms with E-state index in [4.69, 9.17) is 162 Å². The van der Waals surface area contributed by atoms with E-state index in [0.717, 1.165) is 12.8 Å². The van der Waals surface area contributed by atoms with Gasteiger partial charge in [-0.25, -0.2) is 0 Å². The van der Waals surface area contributed by atoms with E-state index < -0.39 is 70.7 Å². The van der Waals surface area contributed by atoms with Gasteiger partial charge < -0.3 is 0 Å². The largest absolute Gasteiger partial charge is 0.286 e. The third kappa shape index (κ3) is 7.46. The van der Waals surface area contributed by atoms with Gasteiger partial charge in [0, 0.05) is 58.5 Å².